The first-order valence-corrected chi connectivity index (χ1v) is 6.27. The second-order valence-electron chi connectivity index (χ2n) is 4.17. The first-order valence-electron chi connectivity index (χ1n) is 5.83. The predicted octanol–water partition coefficient (Wildman–Crippen LogP) is 2.25. The number of pyridine rings is 1. The van der Waals surface area contributed by atoms with Crippen molar-refractivity contribution < 1.29 is 4.79 Å². The molecule has 0 aliphatic carbocycles. The summed E-state index contributed by atoms with van der Waals surface area (Å²) in [6.45, 7) is 3.65. The second-order valence-corrected chi connectivity index (χ2v) is 4.83. The van der Waals surface area contributed by atoms with Gasteiger partial charge < -0.3 is 10.2 Å². The number of carbonyl (C=O) groups is 1. The lowest BCUT2D eigenvalue weighted by Crippen LogP contribution is -2.25. The van der Waals surface area contributed by atoms with E-state index in [9.17, 15) is 4.79 Å². The van der Waals surface area contributed by atoms with E-state index >= 15 is 0 Å². The lowest BCUT2D eigenvalue weighted by Gasteiger charge is -2.20. The van der Waals surface area contributed by atoms with Crippen molar-refractivity contribution in [2.75, 3.05) is 23.3 Å². The van der Waals surface area contributed by atoms with Crippen molar-refractivity contribution in [1.29, 1.82) is 0 Å². The fourth-order valence-electron chi connectivity index (χ4n) is 1.91. The predicted molar refractivity (Wildman–Crippen MR) is 69.6 cm³/mol. The SMILES string of the molecule is CC(Cl)C(=O)Nc1cccnc1N1CCCC1. The van der Waals surface area contributed by atoms with Crippen molar-refractivity contribution in [3.63, 3.8) is 0 Å². The number of hydrogen-bond acceptors (Lipinski definition) is 3. The minimum atomic E-state index is -0.540. The van der Waals surface area contributed by atoms with Crippen LogP contribution in [0.25, 0.3) is 0 Å². The van der Waals surface area contributed by atoms with Crippen LogP contribution in [0.3, 0.4) is 0 Å². The summed E-state index contributed by atoms with van der Waals surface area (Å²) in [4.78, 5) is 18.1. The Kier molecular flexibility index (Phi) is 3.84. The molecule has 17 heavy (non-hydrogen) atoms. The number of nitrogens with zero attached hydrogens (tertiary/aromatic N) is 2. The van der Waals surface area contributed by atoms with Gasteiger partial charge in [0, 0.05) is 19.3 Å². The summed E-state index contributed by atoms with van der Waals surface area (Å²) in [5.74, 6) is 0.649. The topological polar surface area (TPSA) is 45.2 Å². The Morgan fingerprint density at radius 1 is 1.53 bits per heavy atom. The molecule has 1 aliphatic heterocycles. The Hall–Kier alpha value is -1.29. The highest BCUT2D eigenvalue weighted by molar-refractivity contribution is 6.32. The molecule has 1 atom stereocenters. The van der Waals surface area contributed by atoms with Gasteiger partial charge in [-0.2, -0.15) is 0 Å². The zero-order valence-corrected chi connectivity index (χ0v) is 10.6. The van der Waals surface area contributed by atoms with Crippen LogP contribution in [0.4, 0.5) is 11.5 Å². The molecule has 92 valence electrons. The van der Waals surface area contributed by atoms with E-state index in [-0.39, 0.29) is 5.91 Å². The van der Waals surface area contributed by atoms with Gasteiger partial charge in [0.25, 0.3) is 0 Å². The average molecular weight is 254 g/mol. The minimum Gasteiger partial charge on any atom is -0.355 e. The number of alkyl halides is 1. The summed E-state index contributed by atoms with van der Waals surface area (Å²) in [6, 6.07) is 3.67. The molecule has 0 bridgehead atoms. The highest BCUT2D eigenvalue weighted by Gasteiger charge is 2.18. The van der Waals surface area contributed by atoms with Crippen molar-refractivity contribution in [2.24, 2.45) is 0 Å². The maximum absolute atomic E-state index is 11.6. The third-order valence-electron chi connectivity index (χ3n) is 2.81. The smallest absolute Gasteiger partial charge is 0.242 e. The minimum absolute atomic E-state index is 0.194. The molecule has 2 rings (SSSR count). The summed E-state index contributed by atoms with van der Waals surface area (Å²) in [6.07, 6.45) is 4.10. The third kappa shape index (κ3) is 2.88. The number of halogens is 1. The van der Waals surface area contributed by atoms with E-state index in [2.05, 4.69) is 15.2 Å². The molecule has 1 aromatic heterocycles. The van der Waals surface area contributed by atoms with Crippen LogP contribution in [0.15, 0.2) is 18.3 Å². The maximum Gasteiger partial charge on any atom is 0.242 e. The van der Waals surface area contributed by atoms with Crippen molar-refractivity contribution in [1.82, 2.24) is 4.98 Å². The Morgan fingerprint density at radius 2 is 2.24 bits per heavy atom. The molecule has 0 radical (unpaired) electrons. The van der Waals surface area contributed by atoms with Crippen molar-refractivity contribution in [3.05, 3.63) is 18.3 Å². The fourth-order valence-corrected chi connectivity index (χ4v) is 1.96. The molecule has 1 saturated heterocycles. The molecule has 0 saturated carbocycles. The van der Waals surface area contributed by atoms with Crippen LogP contribution in [0.5, 0.6) is 0 Å². The van der Waals surface area contributed by atoms with E-state index in [0.717, 1.165) is 24.6 Å². The van der Waals surface area contributed by atoms with Gasteiger partial charge in [0.2, 0.25) is 5.91 Å². The molecule has 1 N–H and O–H groups in total. The molecule has 1 aliphatic rings. The van der Waals surface area contributed by atoms with Gasteiger partial charge >= 0.3 is 0 Å². The maximum atomic E-state index is 11.6. The summed E-state index contributed by atoms with van der Waals surface area (Å²) in [5, 5.41) is 2.27. The number of amides is 1. The lowest BCUT2D eigenvalue weighted by atomic mass is 10.3. The Bertz CT molecular complexity index is 402. The van der Waals surface area contributed by atoms with Crippen molar-refractivity contribution >= 4 is 29.0 Å². The van der Waals surface area contributed by atoms with E-state index < -0.39 is 5.38 Å². The number of hydrogen-bond donors (Lipinski definition) is 1. The normalized spacial score (nSPS) is 16.9. The quantitative estimate of drug-likeness (QED) is 0.841. The van der Waals surface area contributed by atoms with Crippen LogP contribution in [-0.2, 0) is 4.79 Å². The van der Waals surface area contributed by atoms with Crippen LogP contribution in [-0.4, -0.2) is 29.4 Å². The van der Waals surface area contributed by atoms with E-state index in [0.29, 0.717) is 0 Å². The van der Waals surface area contributed by atoms with Crippen LogP contribution >= 0.6 is 11.6 Å². The molecule has 5 heteroatoms. The first kappa shape index (κ1) is 12.2. The number of carbonyl (C=O) groups excluding carboxylic acids is 1. The van der Waals surface area contributed by atoms with Gasteiger partial charge in [0.05, 0.1) is 5.69 Å². The summed E-state index contributed by atoms with van der Waals surface area (Å²) in [5.41, 5.74) is 0.743. The second kappa shape index (κ2) is 5.36. The van der Waals surface area contributed by atoms with Gasteiger partial charge in [-0.15, -0.1) is 11.6 Å². The average Bonchev–Trinajstić information content (AvgIpc) is 2.83. The molecule has 4 nitrogen and oxygen atoms in total. The third-order valence-corrected chi connectivity index (χ3v) is 3.01. The van der Waals surface area contributed by atoms with Crippen LogP contribution in [0.2, 0.25) is 0 Å². The Morgan fingerprint density at radius 3 is 2.88 bits per heavy atom. The highest BCUT2D eigenvalue weighted by atomic mass is 35.5. The van der Waals surface area contributed by atoms with Crippen LogP contribution in [0, 0.1) is 0 Å². The Balaban J connectivity index is 2.18. The van der Waals surface area contributed by atoms with Crippen molar-refractivity contribution in [2.45, 2.75) is 25.1 Å². The molecule has 1 amide bonds. The van der Waals surface area contributed by atoms with E-state index in [4.69, 9.17) is 11.6 Å². The summed E-state index contributed by atoms with van der Waals surface area (Å²) >= 11 is 5.74. The molecule has 1 aromatic rings. The molecule has 0 spiro atoms. The highest BCUT2D eigenvalue weighted by Crippen LogP contribution is 2.26. The van der Waals surface area contributed by atoms with Gasteiger partial charge in [-0.3, -0.25) is 4.79 Å². The van der Waals surface area contributed by atoms with E-state index in [1.807, 2.05) is 12.1 Å². The number of anilines is 2. The lowest BCUT2D eigenvalue weighted by molar-refractivity contribution is -0.115. The molecule has 2 heterocycles. The zero-order valence-electron chi connectivity index (χ0n) is 9.82. The molecule has 1 unspecified atom stereocenters. The largest absolute Gasteiger partial charge is 0.355 e. The first-order chi connectivity index (χ1) is 8.18. The molecule has 1 fully saturated rings. The van der Waals surface area contributed by atoms with Crippen LogP contribution in [0.1, 0.15) is 19.8 Å². The number of rotatable bonds is 3. The standard InChI is InChI=1S/C12H16ClN3O/c1-9(13)12(17)15-10-5-4-6-14-11(10)16-7-2-3-8-16/h4-6,9H,2-3,7-8H2,1H3,(H,15,17). The molecular formula is C12H16ClN3O. The van der Waals surface area contributed by atoms with Gasteiger partial charge in [0.1, 0.15) is 5.38 Å². The van der Waals surface area contributed by atoms with E-state index in [1.54, 1.807) is 13.1 Å². The van der Waals surface area contributed by atoms with Gasteiger partial charge in [-0.1, -0.05) is 0 Å². The van der Waals surface area contributed by atoms with Gasteiger partial charge in [-0.25, -0.2) is 4.98 Å². The summed E-state index contributed by atoms with van der Waals surface area (Å²) in [7, 11) is 0. The van der Waals surface area contributed by atoms with Gasteiger partial charge in [0.15, 0.2) is 5.82 Å². The van der Waals surface area contributed by atoms with Crippen LogP contribution < -0.4 is 10.2 Å². The Labute approximate surface area is 106 Å². The monoisotopic (exact) mass is 253 g/mol. The number of nitrogens with one attached hydrogen (secondary N) is 1. The van der Waals surface area contributed by atoms with Gasteiger partial charge in [-0.05, 0) is 31.9 Å². The number of aromatic nitrogens is 1. The fraction of sp³-hybridized carbons (Fsp3) is 0.500. The molecular weight excluding hydrogens is 238 g/mol. The van der Waals surface area contributed by atoms with E-state index in [1.165, 1.54) is 12.8 Å². The molecule has 0 aromatic carbocycles. The zero-order chi connectivity index (χ0) is 12.3. The summed E-state index contributed by atoms with van der Waals surface area (Å²) < 4.78 is 0. The van der Waals surface area contributed by atoms with Crippen molar-refractivity contribution in [3.8, 4) is 0 Å².